The number of unbranched alkanes of at least 4 members (excludes halogenated alkanes) is 47. The molecule has 608 valence electrons. The van der Waals surface area contributed by atoms with E-state index in [0.717, 1.165) is 121 Å². The van der Waals surface area contributed by atoms with Crippen LogP contribution in [-0.2, 0) is 65.4 Å². The molecule has 0 heterocycles. The molecule has 3 unspecified atom stereocenters. The Morgan fingerprint density at radius 1 is 0.320 bits per heavy atom. The van der Waals surface area contributed by atoms with Gasteiger partial charge in [0, 0.05) is 25.7 Å². The van der Waals surface area contributed by atoms with Crippen molar-refractivity contribution in [2.75, 3.05) is 39.6 Å². The topological polar surface area (TPSA) is 237 Å². The molecular formula is C84H160O17P2. The van der Waals surface area contributed by atoms with E-state index >= 15 is 0 Å². The van der Waals surface area contributed by atoms with Crippen molar-refractivity contribution in [3.8, 4) is 0 Å². The molecule has 0 amide bonds. The lowest BCUT2D eigenvalue weighted by Crippen LogP contribution is -2.30. The molecule has 3 N–H and O–H groups in total. The average Bonchev–Trinajstić information content (AvgIpc) is 0.916. The van der Waals surface area contributed by atoms with Crippen LogP contribution in [0.3, 0.4) is 0 Å². The summed E-state index contributed by atoms with van der Waals surface area (Å²) in [5, 5.41) is 10.7. The third-order valence-electron chi connectivity index (χ3n) is 19.4. The Labute approximate surface area is 631 Å². The number of ether oxygens (including phenoxy) is 4. The maximum atomic E-state index is 13.1. The van der Waals surface area contributed by atoms with E-state index in [1.54, 1.807) is 0 Å². The molecule has 0 saturated carbocycles. The number of esters is 4. The first-order chi connectivity index (χ1) is 49.9. The van der Waals surface area contributed by atoms with Gasteiger partial charge < -0.3 is 33.8 Å². The number of carbonyl (C=O) groups is 4. The van der Waals surface area contributed by atoms with Gasteiger partial charge in [-0.25, -0.2) is 9.13 Å². The molecule has 0 aromatic carbocycles. The smallest absolute Gasteiger partial charge is 0.462 e. The van der Waals surface area contributed by atoms with Crippen LogP contribution in [-0.4, -0.2) is 96.7 Å². The van der Waals surface area contributed by atoms with Crippen LogP contribution in [0.5, 0.6) is 0 Å². The quantitative estimate of drug-likeness (QED) is 0.0169. The number of allylic oxidation sites excluding steroid dienone is 4. The van der Waals surface area contributed by atoms with Crippen molar-refractivity contribution in [2.24, 2.45) is 11.8 Å². The van der Waals surface area contributed by atoms with Gasteiger partial charge in [-0.1, -0.05) is 368 Å². The molecule has 6 atom stereocenters. The van der Waals surface area contributed by atoms with Crippen LogP contribution >= 0.6 is 15.6 Å². The first kappa shape index (κ1) is 101. The molecule has 0 saturated heterocycles. The zero-order chi connectivity index (χ0) is 75.6. The van der Waals surface area contributed by atoms with Crippen LogP contribution in [0.1, 0.15) is 420 Å². The SMILES string of the molecule is CCCCCC/C=C\C=C/CCCCCCCC(=O)OC[C@H](COP(=O)(O)OC[C@@H](O)COP(=O)(O)OC[C@@H](COC(=O)CCCCCCCCCCCCCC)OC(=O)CCCCCCCCCCCCCC(C)C)OC(=O)CCCCCCCCCCCCCCCCCCCCC(C)CC. The lowest BCUT2D eigenvalue weighted by atomic mass is 9.99. The summed E-state index contributed by atoms with van der Waals surface area (Å²) in [6.07, 6.45) is 68.7. The molecule has 0 aromatic heterocycles. The summed E-state index contributed by atoms with van der Waals surface area (Å²) in [4.78, 5) is 73.1. The molecule has 0 aliphatic carbocycles. The Hall–Kier alpha value is -2.46. The standard InChI is InChI=1S/C84H160O17P2/c1-7-10-12-14-16-18-20-22-27-31-37-43-49-55-61-67-82(87)95-73-79(100-83(88)68-62-56-50-44-38-32-29-26-24-23-25-28-30-35-41-47-53-59-65-77(6)9-3)74-98-102(90,91)96-70-78(85)71-97-103(92,93)99-75-80(72-94-81(86)66-60-54-48-42-36-21-19-17-15-13-11-8-2)101-84(89)69-63-57-51-45-39-33-34-40-46-52-58-64-76(4)5/h18,20,22,27,76-80,85H,7-17,19,21,23-26,28-75H2,1-6H3,(H,90,91)(H,92,93)/b20-18-,27-22-/t77?,78-,79-,80-/m1/s1. The first-order valence-corrected chi connectivity index (χ1v) is 45.8. The Kier molecular flexibility index (Phi) is 73.2. The van der Waals surface area contributed by atoms with Crippen molar-refractivity contribution >= 4 is 39.5 Å². The van der Waals surface area contributed by atoms with E-state index in [2.05, 4.69) is 65.8 Å². The van der Waals surface area contributed by atoms with Gasteiger partial charge in [-0.2, -0.15) is 0 Å². The van der Waals surface area contributed by atoms with E-state index in [1.165, 1.54) is 218 Å². The van der Waals surface area contributed by atoms with Gasteiger partial charge in [0.25, 0.3) is 0 Å². The van der Waals surface area contributed by atoms with Gasteiger partial charge in [-0.15, -0.1) is 0 Å². The van der Waals surface area contributed by atoms with Crippen molar-refractivity contribution in [3.05, 3.63) is 24.3 Å². The van der Waals surface area contributed by atoms with E-state index in [1.807, 2.05) is 0 Å². The minimum atomic E-state index is -4.97. The van der Waals surface area contributed by atoms with E-state index in [0.29, 0.717) is 25.7 Å². The number of carbonyl (C=O) groups excluding carboxylic acids is 4. The fourth-order valence-electron chi connectivity index (χ4n) is 12.5. The van der Waals surface area contributed by atoms with Crippen LogP contribution in [0.4, 0.5) is 0 Å². The summed E-state index contributed by atoms with van der Waals surface area (Å²) < 4.78 is 68.8. The predicted octanol–water partition coefficient (Wildman–Crippen LogP) is 25.0. The van der Waals surface area contributed by atoms with Crippen molar-refractivity contribution in [3.63, 3.8) is 0 Å². The highest BCUT2D eigenvalue weighted by molar-refractivity contribution is 7.47. The maximum absolute atomic E-state index is 13.1. The zero-order valence-corrected chi connectivity index (χ0v) is 68.9. The summed E-state index contributed by atoms with van der Waals surface area (Å²) in [6, 6.07) is 0. The van der Waals surface area contributed by atoms with Gasteiger partial charge in [0.2, 0.25) is 0 Å². The molecular weight excluding hydrogens is 1340 g/mol. The highest BCUT2D eigenvalue weighted by atomic mass is 31.2. The monoisotopic (exact) mass is 1500 g/mol. The number of aliphatic hydroxyl groups is 1. The normalized spacial score (nSPS) is 14.3. The minimum Gasteiger partial charge on any atom is -0.462 e. The second-order valence-corrected chi connectivity index (χ2v) is 33.2. The third-order valence-corrected chi connectivity index (χ3v) is 21.3. The molecule has 0 fully saturated rings. The van der Waals surface area contributed by atoms with Crippen molar-refractivity contribution in [1.82, 2.24) is 0 Å². The molecule has 0 aromatic rings. The zero-order valence-electron chi connectivity index (χ0n) is 67.1. The molecule has 0 bridgehead atoms. The molecule has 17 nitrogen and oxygen atoms in total. The Balaban J connectivity index is 5.26. The van der Waals surface area contributed by atoms with E-state index < -0.39 is 97.5 Å². The second-order valence-electron chi connectivity index (χ2n) is 30.3. The van der Waals surface area contributed by atoms with Gasteiger partial charge >= 0.3 is 39.5 Å². The molecule has 0 aliphatic heterocycles. The summed E-state index contributed by atoms with van der Waals surface area (Å²) >= 11 is 0. The number of phosphoric ester groups is 2. The Morgan fingerprint density at radius 3 is 0.874 bits per heavy atom. The van der Waals surface area contributed by atoms with Crippen molar-refractivity contribution in [2.45, 2.75) is 439 Å². The Morgan fingerprint density at radius 2 is 0.573 bits per heavy atom. The lowest BCUT2D eigenvalue weighted by molar-refractivity contribution is -0.161. The number of rotatable bonds is 81. The molecule has 103 heavy (non-hydrogen) atoms. The summed E-state index contributed by atoms with van der Waals surface area (Å²) in [7, 11) is -9.94. The van der Waals surface area contributed by atoms with Gasteiger partial charge in [0.15, 0.2) is 12.2 Å². The summed E-state index contributed by atoms with van der Waals surface area (Å²) in [6.45, 7) is 9.65. The second kappa shape index (κ2) is 75.0. The minimum absolute atomic E-state index is 0.102. The fraction of sp³-hybridized carbons (Fsp3) is 0.905. The number of hydrogen-bond acceptors (Lipinski definition) is 15. The molecule has 0 aliphatic rings. The molecule has 19 heteroatoms. The summed E-state index contributed by atoms with van der Waals surface area (Å²) in [5.74, 6) is -0.501. The van der Waals surface area contributed by atoms with E-state index in [-0.39, 0.29) is 25.7 Å². The lowest BCUT2D eigenvalue weighted by Gasteiger charge is -2.21. The molecule has 0 radical (unpaired) electrons. The number of hydrogen-bond donors (Lipinski definition) is 3. The first-order valence-electron chi connectivity index (χ1n) is 42.8. The highest BCUT2D eigenvalue weighted by Crippen LogP contribution is 2.45. The average molecular weight is 1500 g/mol. The van der Waals surface area contributed by atoms with Crippen molar-refractivity contribution in [1.29, 1.82) is 0 Å². The van der Waals surface area contributed by atoms with Crippen LogP contribution < -0.4 is 0 Å². The van der Waals surface area contributed by atoms with Gasteiger partial charge in [0.1, 0.15) is 19.3 Å². The predicted molar refractivity (Wildman–Crippen MR) is 423 cm³/mol. The maximum Gasteiger partial charge on any atom is 0.472 e. The van der Waals surface area contributed by atoms with Crippen LogP contribution in [0.15, 0.2) is 24.3 Å². The van der Waals surface area contributed by atoms with E-state index in [9.17, 15) is 43.2 Å². The van der Waals surface area contributed by atoms with Gasteiger partial charge in [0.05, 0.1) is 26.4 Å². The van der Waals surface area contributed by atoms with Crippen molar-refractivity contribution < 1.29 is 80.2 Å². The van der Waals surface area contributed by atoms with Crippen LogP contribution in [0, 0.1) is 11.8 Å². The Bertz CT molecular complexity index is 2070. The van der Waals surface area contributed by atoms with Gasteiger partial charge in [-0.05, 0) is 63.2 Å². The number of aliphatic hydroxyl groups excluding tert-OH is 1. The third kappa shape index (κ3) is 76.1. The highest BCUT2D eigenvalue weighted by Gasteiger charge is 2.30. The van der Waals surface area contributed by atoms with E-state index in [4.69, 9.17) is 37.0 Å². The van der Waals surface area contributed by atoms with Gasteiger partial charge in [-0.3, -0.25) is 37.3 Å². The number of phosphoric acid groups is 2. The largest absolute Gasteiger partial charge is 0.472 e. The molecule has 0 spiro atoms. The fourth-order valence-corrected chi connectivity index (χ4v) is 14.1. The van der Waals surface area contributed by atoms with Crippen LogP contribution in [0.2, 0.25) is 0 Å². The molecule has 0 rings (SSSR count). The van der Waals surface area contributed by atoms with Crippen LogP contribution in [0.25, 0.3) is 0 Å². The summed E-state index contributed by atoms with van der Waals surface area (Å²) in [5.41, 5.74) is 0.